The highest BCUT2D eigenvalue weighted by molar-refractivity contribution is 5.81. The monoisotopic (exact) mass is 448 g/mol. The fourth-order valence-electron chi connectivity index (χ4n) is 5.21. The number of hydrogen-bond donors (Lipinski definition) is 1. The van der Waals surface area contributed by atoms with Gasteiger partial charge in [0.15, 0.2) is 0 Å². The Balaban J connectivity index is 1.48. The first-order valence-electron chi connectivity index (χ1n) is 12.4. The fourth-order valence-corrected chi connectivity index (χ4v) is 5.21. The molecule has 176 valence electrons. The molecule has 2 aliphatic rings. The highest BCUT2D eigenvalue weighted by Gasteiger charge is 2.31. The van der Waals surface area contributed by atoms with Crippen molar-refractivity contribution in [3.8, 4) is 11.1 Å². The van der Waals surface area contributed by atoms with Crippen molar-refractivity contribution in [2.45, 2.75) is 51.5 Å². The molecule has 1 saturated carbocycles. The number of benzene rings is 1. The summed E-state index contributed by atoms with van der Waals surface area (Å²) >= 11 is 0. The fraction of sp³-hybridized carbons (Fsp3) is 0.519. The van der Waals surface area contributed by atoms with Crippen LogP contribution in [0, 0.1) is 5.92 Å². The Kier molecular flexibility index (Phi) is 8.10. The lowest BCUT2D eigenvalue weighted by atomic mass is 9.91. The zero-order valence-electron chi connectivity index (χ0n) is 19.7. The zero-order chi connectivity index (χ0) is 23.0. The van der Waals surface area contributed by atoms with Gasteiger partial charge in [0.05, 0.1) is 12.5 Å². The maximum Gasteiger partial charge on any atom is 0.234 e. The first kappa shape index (κ1) is 23.4. The molecule has 1 aromatic carbocycles. The van der Waals surface area contributed by atoms with Crippen LogP contribution in [0.25, 0.3) is 11.1 Å². The van der Waals surface area contributed by atoms with Gasteiger partial charge in [0.2, 0.25) is 11.8 Å². The van der Waals surface area contributed by atoms with E-state index in [-0.39, 0.29) is 17.7 Å². The molecule has 6 nitrogen and oxygen atoms in total. The highest BCUT2D eigenvalue weighted by atomic mass is 16.2. The molecule has 1 N–H and O–H groups in total. The van der Waals surface area contributed by atoms with Gasteiger partial charge in [-0.2, -0.15) is 0 Å². The van der Waals surface area contributed by atoms with Crippen molar-refractivity contribution in [1.82, 2.24) is 20.1 Å². The van der Waals surface area contributed by atoms with Gasteiger partial charge in [-0.15, -0.1) is 0 Å². The van der Waals surface area contributed by atoms with Crippen LogP contribution in [0.1, 0.15) is 44.6 Å². The van der Waals surface area contributed by atoms with Crippen molar-refractivity contribution in [3.05, 3.63) is 54.4 Å². The highest BCUT2D eigenvalue weighted by Crippen LogP contribution is 2.27. The summed E-state index contributed by atoms with van der Waals surface area (Å²) in [7, 11) is 0. The third-order valence-electron chi connectivity index (χ3n) is 7.00. The van der Waals surface area contributed by atoms with Crippen LogP contribution in [-0.2, 0) is 16.0 Å². The number of amides is 2. The molecule has 2 heterocycles. The minimum atomic E-state index is -0.173. The van der Waals surface area contributed by atoms with E-state index in [1.807, 2.05) is 36.2 Å². The number of likely N-dealkylation sites (N-methyl/N-ethyl adjacent to an activating group) is 1. The molecule has 4 rings (SSSR count). The molecular weight excluding hydrogens is 412 g/mol. The molecule has 2 fully saturated rings. The van der Waals surface area contributed by atoms with Crippen LogP contribution in [0.3, 0.4) is 0 Å². The molecule has 0 radical (unpaired) electrons. The van der Waals surface area contributed by atoms with Crippen LogP contribution in [0.4, 0.5) is 0 Å². The van der Waals surface area contributed by atoms with E-state index in [4.69, 9.17) is 0 Å². The second kappa shape index (κ2) is 11.4. The Morgan fingerprint density at radius 1 is 1.09 bits per heavy atom. The van der Waals surface area contributed by atoms with E-state index in [0.29, 0.717) is 38.6 Å². The average Bonchev–Trinajstić information content (AvgIpc) is 2.99. The largest absolute Gasteiger partial charge is 0.352 e. The van der Waals surface area contributed by atoms with Crippen molar-refractivity contribution in [3.63, 3.8) is 0 Å². The van der Waals surface area contributed by atoms with E-state index >= 15 is 0 Å². The standard InChI is InChI=1S/C27H36N4O2/c1-2-31-16-15-30(20-26(32)29-24-11-4-3-5-12-24)19-23(27(31)33)17-21-9-6-7-13-25(21)22-10-8-14-28-18-22/h6-10,13-14,18,23-24H,2-5,11-12,15-17,19-20H2,1H3,(H,29,32)/t23-/m0/s1. The SMILES string of the molecule is CCN1CCN(CC(=O)NC2CCCCC2)C[C@H](Cc2ccccc2-c2cccnc2)C1=O. The number of hydrogen-bond acceptors (Lipinski definition) is 4. The van der Waals surface area contributed by atoms with Gasteiger partial charge in [-0.25, -0.2) is 0 Å². The van der Waals surface area contributed by atoms with E-state index in [9.17, 15) is 9.59 Å². The van der Waals surface area contributed by atoms with Crippen molar-refractivity contribution in [1.29, 1.82) is 0 Å². The van der Waals surface area contributed by atoms with Crippen LogP contribution >= 0.6 is 0 Å². The van der Waals surface area contributed by atoms with Gasteiger partial charge in [0, 0.05) is 50.2 Å². The van der Waals surface area contributed by atoms with Crippen molar-refractivity contribution in [2.24, 2.45) is 5.92 Å². The van der Waals surface area contributed by atoms with Gasteiger partial charge in [-0.1, -0.05) is 49.6 Å². The Labute approximate surface area is 197 Å². The molecule has 0 unspecified atom stereocenters. The summed E-state index contributed by atoms with van der Waals surface area (Å²) in [6.45, 7) is 5.10. The van der Waals surface area contributed by atoms with Crippen molar-refractivity contribution in [2.75, 3.05) is 32.7 Å². The van der Waals surface area contributed by atoms with E-state index in [1.165, 1.54) is 19.3 Å². The van der Waals surface area contributed by atoms with E-state index in [0.717, 1.165) is 36.1 Å². The third kappa shape index (κ3) is 6.20. The van der Waals surface area contributed by atoms with E-state index in [2.05, 4.69) is 33.4 Å². The molecule has 1 aliphatic heterocycles. The van der Waals surface area contributed by atoms with Gasteiger partial charge in [0.25, 0.3) is 0 Å². The molecule has 0 bridgehead atoms. The molecular formula is C27H36N4O2. The van der Waals surface area contributed by atoms with Gasteiger partial charge >= 0.3 is 0 Å². The van der Waals surface area contributed by atoms with E-state index < -0.39 is 0 Å². The number of carbonyl (C=O) groups excluding carboxylic acids is 2. The van der Waals surface area contributed by atoms with Crippen LogP contribution < -0.4 is 5.32 Å². The molecule has 0 spiro atoms. The van der Waals surface area contributed by atoms with Crippen LogP contribution in [0.5, 0.6) is 0 Å². The maximum absolute atomic E-state index is 13.4. The third-order valence-corrected chi connectivity index (χ3v) is 7.00. The lowest BCUT2D eigenvalue weighted by Gasteiger charge is -2.26. The minimum Gasteiger partial charge on any atom is -0.352 e. The van der Waals surface area contributed by atoms with Crippen molar-refractivity contribution >= 4 is 11.8 Å². The molecule has 1 aliphatic carbocycles. The van der Waals surface area contributed by atoms with Gasteiger partial charge in [0.1, 0.15) is 0 Å². The second-order valence-electron chi connectivity index (χ2n) is 9.36. The molecule has 1 atom stereocenters. The first-order valence-corrected chi connectivity index (χ1v) is 12.4. The molecule has 33 heavy (non-hydrogen) atoms. The molecule has 1 saturated heterocycles. The van der Waals surface area contributed by atoms with Crippen LogP contribution in [-0.4, -0.2) is 65.4 Å². The van der Waals surface area contributed by atoms with Gasteiger partial charge in [-0.3, -0.25) is 19.5 Å². The van der Waals surface area contributed by atoms with Gasteiger partial charge < -0.3 is 10.2 Å². The summed E-state index contributed by atoms with van der Waals surface area (Å²) in [5.74, 6) is 0.107. The Morgan fingerprint density at radius 2 is 1.91 bits per heavy atom. The summed E-state index contributed by atoms with van der Waals surface area (Å²) in [6, 6.07) is 12.6. The second-order valence-corrected chi connectivity index (χ2v) is 9.36. The normalized spacial score (nSPS) is 20.5. The summed E-state index contributed by atoms with van der Waals surface area (Å²) in [5.41, 5.74) is 3.32. The number of rotatable bonds is 7. The average molecular weight is 449 g/mol. The lowest BCUT2D eigenvalue weighted by Crippen LogP contribution is -2.44. The Morgan fingerprint density at radius 3 is 2.67 bits per heavy atom. The Hall–Kier alpha value is -2.73. The zero-order valence-corrected chi connectivity index (χ0v) is 19.7. The number of aromatic nitrogens is 1. The number of carbonyl (C=O) groups is 2. The van der Waals surface area contributed by atoms with Crippen LogP contribution in [0.2, 0.25) is 0 Å². The number of pyridine rings is 1. The molecule has 2 aromatic rings. The summed E-state index contributed by atoms with van der Waals surface area (Å²) in [6.07, 6.45) is 10.1. The minimum absolute atomic E-state index is 0.0915. The summed E-state index contributed by atoms with van der Waals surface area (Å²) in [4.78, 5) is 34.5. The Bertz CT molecular complexity index is 927. The smallest absolute Gasteiger partial charge is 0.234 e. The van der Waals surface area contributed by atoms with Gasteiger partial charge in [-0.05, 0) is 43.4 Å². The predicted molar refractivity (Wildman–Crippen MR) is 131 cm³/mol. The number of nitrogens with one attached hydrogen (secondary N) is 1. The molecule has 2 amide bonds. The number of nitrogens with zero attached hydrogens (tertiary/aromatic N) is 3. The summed E-state index contributed by atoms with van der Waals surface area (Å²) < 4.78 is 0. The maximum atomic E-state index is 13.4. The summed E-state index contributed by atoms with van der Waals surface area (Å²) in [5, 5.41) is 3.23. The molecule has 6 heteroatoms. The van der Waals surface area contributed by atoms with E-state index in [1.54, 1.807) is 6.20 Å². The quantitative estimate of drug-likeness (QED) is 0.704. The van der Waals surface area contributed by atoms with Crippen molar-refractivity contribution < 1.29 is 9.59 Å². The van der Waals surface area contributed by atoms with Crippen LogP contribution in [0.15, 0.2) is 48.8 Å². The predicted octanol–water partition coefficient (Wildman–Crippen LogP) is 3.52. The molecule has 1 aromatic heterocycles. The topological polar surface area (TPSA) is 65.5 Å². The lowest BCUT2D eigenvalue weighted by molar-refractivity contribution is -0.134. The first-order chi connectivity index (χ1) is 16.1.